The minimum atomic E-state index is -4.31. The number of fused-ring (bicyclic) bond motifs is 1. The standard InChI is InChI=1S/C9H6BrF3N2O/c10-8-14-6-3-5(16)1-2-7(6)15(8)4-9(11,12)13/h1-3,16H,4H2. The van der Waals surface area contributed by atoms with Crippen LogP contribution >= 0.6 is 15.9 Å². The molecule has 0 aliphatic rings. The molecule has 0 radical (unpaired) electrons. The van der Waals surface area contributed by atoms with E-state index in [1.807, 2.05) is 0 Å². The van der Waals surface area contributed by atoms with E-state index in [0.717, 1.165) is 4.57 Å². The molecule has 2 rings (SSSR count). The zero-order chi connectivity index (χ0) is 11.9. The lowest BCUT2D eigenvalue weighted by molar-refractivity contribution is -0.140. The van der Waals surface area contributed by atoms with Crippen LogP contribution in [0.2, 0.25) is 0 Å². The number of hydrogen-bond acceptors (Lipinski definition) is 2. The summed E-state index contributed by atoms with van der Waals surface area (Å²) < 4.78 is 37.9. The van der Waals surface area contributed by atoms with Crippen LogP contribution in [0, 0.1) is 0 Å². The van der Waals surface area contributed by atoms with Gasteiger partial charge in [-0.25, -0.2) is 4.98 Å². The third kappa shape index (κ3) is 2.13. The lowest BCUT2D eigenvalue weighted by Gasteiger charge is -2.09. The van der Waals surface area contributed by atoms with Crippen LogP contribution in [0.15, 0.2) is 22.9 Å². The zero-order valence-electron chi connectivity index (χ0n) is 7.79. The Labute approximate surface area is 96.6 Å². The Morgan fingerprint density at radius 2 is 2.06 bits per heavy atom. The predicted molar refractivity (Wildman–Crippen MR) is 55.2 cm³/mol. The fourth-order valence-electron chi connectivity index (χ4n) is 1.42. The zero-order valence-corrected chi connectivity index (χ0v) is 9.38. The molecule has 0 amide bonds. The van der Waals surface area contributed by atoms with E-state index in [4.69, 9.17) is 0 Å². The summed E-state index contributed by atoms with van der Waals surface area (Å²) >= 11 is 2.96. The van der Waals surface area contributed by atoms with Gasteiger partial charge in [0.15, 0.2) is 4.73 Å². The van der Waals surface area contributed by atoms with E-state index in [1.165, 1.54) is 18.2 Å². The highest BCUT2D eigenvalue weighted by molar-refractivity contribution is 9.10. The first kappa shape index (κ1) is 11.3. The molecule has 3 nitrogen and oxygen atoms in total. The monoisotopic (exact) mass is 294 g/mol. The van der Waals surface area contributed by atoms with Crippen LogP contribution in [0.1, 0.15) is 0 Å². The first-order chi connectivity index (χ1) is 7.37. The molecule has 1 N–H and O–H groups in total. The Morgan fingerprint density at radius 1 is 1.38 bits per heavy atom. The molecular formula is C9H6BrF3N2O. The molecular weight excluding hydrogens is 289 g/mol. The van der Waals surface area contributed by atoms with Crippen LogP contribution in [-0.2, 0) is 6.54 Å². The molecule has 0 aliphatic heterocycles. The topological polar surface area (TPSA) is 38.1 Å². The summed E-state index contributed by atoms with van der Waals surface area (Å²) in [5.41, 5.74) is 0.637. The van der Waals surface area contributed by atoms with Gasteiger partial charge in [0.05, 0.1) is 11.0 Å². The Kier molecular flexibility index (Phi) is 2.57. The van der Waals surface area contributed by atoms with Crippen molar-refractivity contribution in [1.82, 2.24) is 9.55 Å². The average Bonchev–Trinajstić information content (AvgIpc) is 2.40. The summed E-state index contributed by atoms with van der Waals surface area (Å²) in [5, 5.41) is 9.18. The molecule has 1 heterocycles. The van der Waals surface area contributed by atoms with Gasteiger partial charge >= 0.3 is 6.18 Å². The molecule has 1 aromatic heterocycles. The van der Waals surface area contributed by atoms with Crippen LogP contribution in [0.4, 0.5) is 13.2 Å². The molecule has 0 unspecified atom stereocenters. The summed E-state index contributed by atoms with van der Waals surface area (Å²) in [5.74, 6) is -0.0309. The third-order valence-electron chi connectivity index (χ3n) is 2.02. The minimum absolute atomic E-state index is 0.0309. The molecule has 86 valence electrons. The number of hydrogen-bond donors (Lipinski definition) is 1. The number of aromatic hydroxyl groups is 1. The van der Waals surface area contributed by atoms with Gasteiger partial charge in [0, 0.05) is 6.07 Å². The Balaban J connectivity index is 2.56. The van der Waals surface area contributed by atoms with Crippen molar-refractivity contribution in [3.05, 3.63) is 22.9 Å². The molecule has 2 aromatic rings. The van der Waals surface area contributed by atoms with Crippen LogP contribution in [0.5, 0.6) is 5.75 Å². The molecule has 0 saturated heterocycles. The van der Waals surface area contributed by atoms with Gasteiger partial charge in [-0.15, -0.1) is 0 Å². The van der Waals surface area contributed by atoms with Crippen molar-refractivity contribution in [2.24, 2.45) is 0 Å². The maximum absolute atomic E-state index is 12.3. The number of phenols is 1. The van der Waals surface area contributed by atoms with Gasteiger partial charge in [0.25, 0.3) is 0 Å². The maximum Gasteiger partial charge on any atom is 0.406 e. The van der Waals surface area contributed by atoms with Crippen molar-refractivity contribution in [2.75, 3.05) is 0 Å². The van der Waals surface area contributed by atoms with Crippen LogP contribution in [0.25, 0.3) is 11.0 Å². The molecule has 0 spiro atoms. The molecule has 16 heavy (non-hydrogen) atoms. The van der Waals surface area contributed by atoms with E-state index in [1.54, 1.807) is 0 Å². The lowest BCUT2D eigenvalue weighted by Crippen LogP contribution is -2.17. The maximum atomic E-state index is 12.3. The second-order valence-electron chi connectivity index (χ2n) is 3.26. The van der Waals surface area contributed by atoms with Crippen LogP contribution in [0.3, 0.4) is 0 Å². The van der Waals surface area contributed by atoms with Crippen molar-refractivity contribution >= 4 is 27.0 Å². The van der Waals surface area contributed by atoms with Gasteiger partial charge in [-0.3, -0.25) is 0 Å². The van der Waals surface area contributed by atoms with Gasteiger partial charge in [-0.1, -0.05) is 0 Å². The second-order valence-corrected chi connectivity index (χ2v) is 3.96. The number of alkyl halides is 3. The van der Waals surface area contributed by atoms with E-state index in [2.05, 4.69) is 20.9 Å². The summed E-state index contributed by atoms with van der Waals surface area (Å²) in [6, 6.07) is 4.03. The Bertz CT molecular complexity index is 535. The molecule has 1 aromatic carbocycles. The number of nitrogens with zero attached hydrogens (tertiary/aromatic N) is 2. The number of phenolic OH excluding ortho intramolecular Hbond substituents is 1. The molecule has 0 aliphatic carbocycles. The molecule has 7 heteroatoms. The smallest absolute Gasteiger partial charge is 0.406 e. The van der Waals surface area contributed by atoms with Crippen LogP contribution in [-0.4, -0.2) is 20.8 Å². The van der Waals surface area contributed by atoms with Crippen molar-refractivity contribution < 1.29 is 18.3 Å². The summed E-state index contributed by atoms with van der Waals surface area (Å²) in [6.07, 6.45) is -4.31. The average molecular weight is 295 g/mol. The highest BCUT2D eigenvalue weighted by Gasteiger charge is 2.29. The minimum Gasteiger partial charge on any atom is -0.508 e. The van der Waals surface area contributed by atoms with Crippen molar-refractivity contribution in [1.29, 1.82) is 0 Å². The van der Waals surface area contributed by atoms with Gasteiger partial charge < -0.3 is 9.67 Å². The van der Waals surface area contributed by atoms with Crippen LogP contribution < -0.4 is 0 Å². The number of imidazole rings is 1. The molecule has 0 saturated carbocycles. The van der Waals surface area contributed by atoms with Gasteiger partial charge in [0.1, 0.15) is 12.3 Å². The SMILES string of the molecule is Oc1ccc2c(c1)nc(Br)n2CC(F)(F)F. The van der Waals surface area contributed by atoms with E-state index in [0.29, 0.717) is 11.0 Å². The quantitative estimate of drug-likeness (QED) is 0.878. The second kappa shape index (κ2) is 3.65. The molecule has 0 fully saturated rings. The number of rotatable bonds is 1. The van der Waals surface area contributed by atoms with E-state index >= 15 is 0 Å². The van der Waals surface area contributed by atoms with E-state index in [-0.39, 0.29) is 10.5 Å². The first-order valence-corrected chi connectivity index (χ1v) is 5.07. The van der Waals surface area contributed by atoms with Crippen molar-refractivity contribution in [3.8, 4) is 5.75 Å². The Morgan fingerprint density at radius 3 is 2.69 bits per heavy atom. The van der Waals surface area contributed by atoms with Crippen molar-refractivity contribution in [2.45, 2.75) is 12.7 Å². The highest BCUT2D eigenvalue weighted by Crippen LogP contribution is 2.27. The largest absolute Gasteiger partial charge is 0.508 e. The fourth-order valence-corrected chi connectivity index (χ4v) is 1.93. The van der Waals surface area contributed by atoms with Gasteiger partial charge in [-0.2, -0.15) is 13.2 Å². The number of benzene rings is 1. The third-order valence-corrected chi connectivity index (χ3v) is 2.63. The lowest BCUT2D eigenvalue weighted by atomic mass is 10.3. The summed E-state index contributed by atoms with van der Waals surface area (Å²) in [7, 11) is 0. The van der Waals surface area contributed by atoms with E-state index < -0.39 is 12.7 Å². The Hall–Kier alpha value is -1.24. The van der Waals surface area contributed by atoms with Gasteiger partial charge in [0.2, 0.25) is 0 Å². The number of aromatic nitrogens is 2. The highest BCUT2D eigenvalue weighted by atomic mass is 79.9. The first-order valence-electron chi connectivity index (χ1n) is 4.28. The van der Waals surface area contributed by atoms with Crippen molar-refractivity contribution in [3.63, 3.8) is 0 Å². The number of halogens is 4. The fraction of sp³-hybridized carbons (Fsp3) is 0.222. The summed E-state index contributed by atoms with van der Waals surface area (Å²) in [6.45, 7) is -1.12. The van der Waals surface area contributed by atoms with Gasteiger partial charge in [-0.05, 0) is 28.1 Å². The molecule has 0 bridgehead atoms. The van der Waals surface area contributed by atoms with E-state index in [9.17, 15) is 18.3 Å². The summed E-state index contributed by atoms with van der Waals surface area (Å²) in [4.78, 5) is 3.88. The normalized spacial score (nSPS) is 12.2. The molecule has 0 atom stereocenters. The predicted octanol–water partition coefficient (Wildman–Crippen LogP) is 3.07.